The zero-order valence-electron chi connectivity index (χ0n) is 10.8. The summed E-state index contributed by atoms with van der Waals surface area (Å²) in [7, 11) is 0. The molecule has 2 aliphatic rings. The molecule has 0 amide bonds. The number of fused-ring (bicyclic) bond motifs is 1. The van der Waals surface area contributed by atoms with E-state index < -0.39 is 5.60 Å². The van der Waals surface area contributed by atoms with Gasteiger partial charge in [0.2, 0.25) is 0 Å². The monoisotopic (exact) mass is 248 g/mol. The van der Waals surface area contributed by atoms with Crippen LogP contribution in [0.5, 0.6) is 5.75 Å². The van der Waals surface area contributed by atoms with E-state index in [1.807, 2.05) is 6.92 Å². The molecule has 0 aliphatic carbocycles. The number of hydrogen-bond donors (Lipinski definition) is 1. The van der Waals surface area contributed by atoms with Gasteiger partial charge in [-0.3, -0.25) is 0 Å². The molecule has 0 radical (unpaired) electrons. The topological polar surface area (TPSA) is 38.7 Å². The van der Waals surface area contributed by atoms with Crippen LogP contribution in [0, 0.1) is 0 Å². The van der Waals surface area contributed by atoms with Crippen LogP contribution in [0.3, 0.4) is 0 Å². The van der Waals surface area contributed by atoms with Crippen molar-refractivity contribution in [2.75, 3.05) is 13.2 Å². The molecule has 2 atom stereocenters. The van der Waals surface area contributed by atoms with Crippen LogP contribution in [0.15, 0.2) is 18.2 Å². The molecule has 0 spiro atoms. The van der Waals surface area contributed by atoms with Crippen molar-refractivity contribution >= 4 is 0 Å². The number of hydrogen-bond acceptors (Lipinski definition) is 3. The van der Waals surface area contributed by atoms with Crippen LogP contribution in [0.1, 0.15) is 30.9 Å². The van der Waals surface area contributed by atoms with Crippen LogP contribution in [0.25, 0.3) is 0 Å². The largest absolute Gasteiger partial charge is 0.493 e. The van der Waals surface area contributed by atoms with Crippen molar-refractivity contribution < 1.29 is 14.6 Å². The van der Waals surface area contributed by atoms with Gasteiger partial charge in [-0.15, -0.1) is 0 Å². The Bertz CT molecular complexity index is 443. The van der Waals surface area contributed by atoms with Gasteiger partial charge in [0.15, 0.2) is 0 Å². The van der Waals surface area contributed by atoms with E-state index in [1.165, 1.54) is 11.1 Å². The van der Waals surface area contributed by atoms with Gasteiger partial charge in [0.1, 0.15) is 5.75 Å². The van der Waals surface area contributed by atoms with Crippen molar-refractivity contribution in [3.8, 4) is 5.75 Å². The first-order valence-corrected chi connectivity index (χ1v) is 6.76. The van der Waals surface area contributed by atoms with E-state index in [-0.39, 0.29) is 6.10 Å². The fourth-order valence-corrected chi connectivity index (χ4v) is 2.86. The lowest BCUT2D eigenvalue weighted by atomic mass is 9.89. The van der Waals surface area contributed by atoms with Crippen LogP contribution in [-0.2, 0) is 17.6 Å². The highest BCUT2D eigenvalue weighted by atomic mass is 16.5. The third-order valence-electron chi connectivity index (χ3n) is 4.26. The fourth-order valence-electron chi connectivity index (χ4n) is 2.86. The second-order valence-corrected chi connectivity index (χ2v) is 5.41. The lowest BCUT2D eigenvalue weighted by Gasteiger charge is -2.25. The molecule has 2 unspecified atom stereocenters. The molecule has 0 bridgehead atoms. The molecule has 0 saturated carbocycles. The molecule has 3 rings (SSSR count). The molecule has 1 fully saturated rings. The smallest absolute Gasteiger partial charge is 0.122 e. The van der Waals surface area contributed by atoms with Crippen LogP contribution < -0.4 is 4.74 Å². The van der Waals surface area contributed by atoms with Gasteiger partial charge in [-0.05, 0) is 37.0 Å². The maximum Gasteiger partial charge on any atom is 0.122 e. The van der Waals surface area contributed by atoms with Crippen LogP contribution >= 0.6 is 0 Å². The Morgan fingerprint density at radius 1 is 1.39 bits per heavy atom. The minimum atomic E-state index is -0.643. The first-order valence-electron chi connectivity index (χ1n) is 6.76. The second-order valence-electron chi connectivity index (χ2n) is 5.41. The number of benzene rings is 1. The normalized spacial score (nSPS) is 30.2. The zero-order chi connectivity index (χ0) is 12.6. The first kappa shape index (κ1) is 12.0. The Labute approximate surface area is 108 Å². The lowest BCUT2D eigenvalue weighted by molar-refractivity contribution is -0.0327. The maximum absolute atomic E-state index is 10.5. The zero-order valence-corrected chi connectivity index (χ0v) is 10.8. The molecule has 3 heteroatoms. The average Bonchev–Trinajstić information content (AvgIpc) is 2.95. The highest BCUT2D eigenvalue weighted by Gasteiger charge is 2.38. The van der Waals surface area contributed by atoms with Crippen LogP contribution in [-0.4, -0.2) is 30.0 Å². The molecule has 1 aromatic rings. The van der Waals surface area contributed by atoms with E-state index in [0.29, 0.717) is 6.61 Å². The number of ether oxygens (including phenoxy) is 2. The van der Waals surface area contributed by atoms with E-state index in [2.05, 4.69) is 18.2 Å². The molecule has 18 heavy (non-hydrogen) atoms. The average molecular weight is 248 g/mol. The van der Waals surface area contributed by atoms with Crippen molar-refractivity contribution in [1.29, 1.82) is 0 Å². The Morgan fingerprint density at radius 3 is 3.06 bits per heavy atom. The maximum atomic E-state index is 10.5. The van der Waals surface area contributed by atoms with Gasteiger partial charge in [-0.1, -0.05) is 12.1 Å². The van der Waals surface area contributed by atoms with E-state index in [4.69, 9.17) is 9.47 Å². The van der Waals surface area contributed by atoms with Gasteiger partial charge in [-0.25, -0.2) is 0 Å². The van der Waals surface area contributed by atoms with Gasteiger partial charge in [0, 0.05) is 19.4 Å². The van der Waals surface area contributed by atoms with E-state index >= 15 is 0 Å². The van der Waals surface area contributed by atoms with Gasteiger partial charge in [0.25, 0.3) is 0 Å². The quantitative estimate of drug-likeness (QED) is 0.890. The summed E-state index contributed by atoms with van der Waals surface area (Å²) >= 11 is 0. The molecule has 0 aromatic heterocycles. The number of aliphatic hydroxyl groups is 1. The molecule has 1 aromatic carbocycles. The van der Waals surface area contributed by atoms with Gasteiger partial charge in [-0.2, -0.15) is 0 Å². The summed E-state index contributed by atoms with van der Waals surface area (Å²) in [6.45, 7) is 3.44. The minimum absolute atomic E-state index is 0.0461. The number of rotatable bonds is 3. The van der Waals surface area contributed by atoms with Crippen molar-refractivity contribution in [3.63, 3.8) is 0 Å². The van der Waals surface area contributed by atoms with Crippen molar-refractivity contribution in [2.24, 2.45) is 0 Å². The highest BCUT2D eigenvalue weighted by Crippen LogP contribution is 2.31. The van der Waals surface area contributed by atoms with Crippen molar-refractivity contribution in [1.82, 2.24) is 0 Å². The standard InChI is InChI=1S/C15H20O3/c1-11-15(16,7-9-17-11)6-4-12-2-3-14-13(10-12)5-8-18-14/h2-3,10-11,16H,4-9H2,1H3. The lowest BCUT2D eigenvalue weighted by Crippen LogP contribution is -2.36. The molecule has 3 nitrogen and oxygen atoms in total. The number of aryl methyl sites for hydroxylation is 1. The van der Waals surface area contributed by atoms with Crippen molar-refractivity contribution in [2.45, 2.75) is 44.3 Å². The Kier molecular flexibility index (Phi) is 3.04. The predicted molar refractivity (Wildman–Crippen MR) is 68.9 cm³/mol. The Hall–Kier alpha value is -1.06. The van der Waals surface area contributed by atoms with E-state index in [9.17, 15) is 5.11 Å². The first-order chi connectivity index (χ1) is 8.67. The predicted octanol–water partition coefficient (Wildman–Crippen LogP) is 2.09. The van der Waals surface area contributed by atoms with E-state index in [0.717, 1.165) is 38.0 Å². The summed E-state index contributed by atoms with van der Waals surface area (Å²) in [6.07, 6.45) is 3.38. The van der Waals surface area contributed by atoms with Crippen molar-refractivity contribution in [3.05, 3.63) is 29.3 Å². The van der Waals surface area contributed by atoms with Gasteiger partial charge in [0.05, 0.1) is 18.3 Å². The van der Waals surface area contributed by atoms with Crippen LogP contribution in [0.4, 0.5) is 0 Å². The Balaban J connectivity index is 1.66. The molecule has 1 N–H and O–H groups in total. The molecule has 98 valence electrons. The summed E-state index contributed by atoms with van der Waals surface area (Å²) < 4.78 is 11.0. The summed E-state index contributed by atoms with van der Waals surface area (Å²) in [5, 5.41) is 10.5. The molecular formula is C15H20O3. The minimum Gasteiger partial charge on any atom is -0.493 e. The van der Waals surface area contributed by atoms with Crippen LogP contribution in [0.2, 0.25) is 0 Å². The van der Waals surface area contributed by atoms with Gasteiger partial charge >= 0.3 is 0 Å². The molecular weight excluding hydrogens is 228 g/mol. The van der Waals surface area contributed by atoms with Gasteiger partial charge < -0.3 is 14.6 Å². The highest BCUT2D eigenvalue weighted by molar-refractivity contribution is 5.39. The third kappa shape index (κ3) is 2.13. The summed E-state index contributed by atoms with van der Waals surface area (Å²) in [5.41, 5.74) is 1.94. The fraction of sp³-hybridized carbons (Fsp3) is 0.600. The molecule has 2 aliphatic heterocycles. The Morgan fingerprint density at radius 2 is 2.28 bits per heavy atom. The summed E-state index contributed by atoms with van der Waals surface area (Å²) in [6, 6.07) is 6.37. The third-order valence-corrected chi connectivity index (χ3v) is 4.26. The SMILES string of the molecule is CC1OCCC1(O)CCc1ccc2c(c1)CCO2. The summed E-state index contributed by atoms with van der Waals surface area (Å²) in [4.78, 5) is 0. The summed E-state index contributed by atoms with van der Waals surface area (Å²) in [5.74, 6) is 1.02. The molecule has 1 saturated heterocycles. The van der Waals surface area contributed by atoms with E-state index in [1.54, 1.807) is 0 Å². The molecule has 2 heterocycles. The second kappa shape index (κ2) is 4.56.